The van der Waals surface area contributed by atoms with E-state index in [-0.39, 0.29) is 5.70 Å². The van der Waals surface area contributed by atoms with E-state index in [1.165, 1.54) is 35.6 Å². The fraction of sp³-hybridized carbons (Fsp3) is 0.0455. The Kier molecular flexibility index (Phi) is 6.59. The van der Waals surface area contributed by atoms with Gasteiger partial charge >= 0.3 is 6.03 Å². The Morgan fingerprint density at radius 2 is 1.81 bits per heavy atom. The average molecular weight is 488 g/mol. The van der Waals surface area contributed by atoms with Gasteiger partial charge in [-0.1, -0.05) is 23.4 Å². The van der Waals surface area contributed by atoms with E-state index < -0.39 is 30.2 Å². The van der Waals surface area contributed by atoms with Crippen LogP contribution in [0, 0.1) is 5.82 Å². The van der Waals surface area contributed by atoms with Gasteiger partial charge in [0, 0.05) is 20.5 Å². The van der Waals surface area contributed by atoms with Crippen LogP contribution >= 0.6 is 34.7 Å². The number of carbonyl (C=O) groups is 3. The Balaban J connectivity index is 1.39. The van der Waals surface area contributed by atoms with E-state index in [2.05, 4.69) is 10.6 Å². The zero-order chi connectivity index (χ0) is 22.7. The van der Waals surface area contributed by atoms with Gasteiger partial charge in [-0.05, 0) is 66.7 Å². The molecule has 0 bridgehead atoms. The number of carbonyl (C=O) groups excluding carboxylic acids is 3. The van der Waals surface area contributed by atoms with Crippen LogP contribution in [0.5, 0.6) is 0 Å². The average Bonchev–Trinajstić information content (AvgIpc) is 3.31. The van der Waals surface area contributed by atoms with Crippen LogP contribution in [0.1, 0.15) is 4.88 Å². The van der Waals surface area contributed by atoms with Crippen molar-refractivity contribution in [2.45, 2.75) is 9.10 Å². The van der Waals surface area contributed by atoms with E-state index in [0.29, 0.717) is 10.7 Å². The zero-order valence-electron chi connectivity index (χ0n) is 16.3. The Bertz CT molecular complexity index is 1210. The minimum absolute atomic E-state index is 0.0921. The largest absolute Gasteiger partial charge is 0.329 e. The Hall–Kier alpha value is -3.14. The maximum atomic E-state index is 13.0. The van der Waals surface area contributed by atoms with Gasteiger partial charge in [0.25, 0.3) is 5.91 Å². The second-order valence-electron chi connectivity index (χ2n) is 6.65. The lowest BCUT2D eigenvalue weighted by molar-refractivity contribution is -0.127. The highest BCUT2D eigenvalue weighted by Gasteiger charge is 2.35. The van der Waals surface area contributed by atoms with Gasteiger partial charge in [-0.3, -0.25) is 9.59 Å². The third kappa shape index (κ3) is 5.37. The first kappa shape index (κ1) is 22.1. The molecule has 32 heavy (non-hydrogen) atoms. The van der Waals surface area contributed by atoms with Crippen LogP contribution in [0.15, 0.2) is 75.5 Å². The van der Waals surface area contributed by atoms with Crippen molar-refractivity contribution in [3.8, 4) is 0 Å². The lowest BCUT2D eigenvalue weighted by Crippen LogP contribution is -2.38. The van der Waals surface area contributed by atoms with Crippen molar-refractivity contribution in [1.29, 1.82) is 0 Å². The molecule has 1 saturated heterocycles. The lowest BCUT2D eigenvalue weighted by atomic mass is 10.3. The maximum absolute atomic E-state index is 13.0. The van der Waals surface area contributed by atoms with Crippen LogP contribution in [0.4, 0.5) is 14.9 Å². The minimum Gasteiger partial charge on any atom is -0.325 e. The SMILES string of the molecule is O=C(CN1C(=O)N/C(=C\c2ccc(Sc3ccc(Cl)cc3)s2)C1=O)Nc1ccc(F)cc1. The molecule has 4 amide bonds. The molecule has 2 aromatic carbocycles. The number of urea groups is 1. The first-order valence-electron chi connectivity index (χ1n) is 9.30. The minimum atomic E-state index is -0.678. The molecule has 2 heterocycles. The Labute approximate surface area is 196 Å². The van der Waals surface area contributed by atoms with Crippen molar-refractivity contribution in [1.82, 2.24) is 10.2 Å². The summed E-state index contributed by atoms with van der Waals surface area (Å²) in [6, 6.07) is 15.7. The van der Waals surface area contributed by atoms with Gasteiger partial charge in [0.1, 0.15) is 18.1 Å². The van der Waals surface area contributed by atoms with Crippen molar-refractivity contribution in [2.24, 2.45) is 0 Å². The highest BCUT2D eigenvalue weighted by molar-refractivity contribution is 8.01. The van der Waals surface area contributed by atoms with E-state index in [1.54, 1.807) is 17.8 Å². The van der Waals surface area contributed by atoms with Crippen molar-refractivity contribution in [2.75, 3.05) is 11.9 Å². The molecule has 0 spiro atoms. The van der Waals surface area contributed by atoms with Gasteiger partial charge in [0.15, 0.2) is 0 Å². The van der Waals surface area contributed by atoms with Crippen LogP contribution in [-0.4, -0.2) is 29.3 Å². The molecule has 0 saturated carbocycles. The van der Waals surface area contributed by atoms with E-state index in [1.807, 2.05) is 36.4 Å². The molecule has 4 rings (SSSR count). The molecule has 0 unspecified atom stereocenters. The molecule has 1 aromatic heterocycles. The molecule has 1 fully saturated rings. The van der Waals surface area contributed by atoms with Gasteiger partial charge < -0.3 is 10.6 Å². The first-order chi connectivity index (χ1) is 15.4. The molecule has 0 atom stereocenters. The highest BCUT2D eigenvalue weighted by atomic mass is 35.5. The number of nitrogens with zero attached hydrogens (tertiary/aromatic N) is 1. The monoisotopic (exact) mass is 487 g/mol. The molecule has 1 aliphatic rings. The molecule has 10 heteroatoms. The summed E-state index contributed by atoms with van der Waals surface area (Å²) in [5, 5.41) is 5.69. The van der Waals surface area contributed by atoms with Gasteiger partial charge in [-0.2, -0.15) is 0 Å². The van der Waals surface area contributed by atoms with Gasteiger partial charge in [-0.25, -0.2) is 14.1 Å². The number of rotatable bonds is 6. The number of hydrogen-bond donors (Lipinski definition) is 2. The first-order valence-corrected chi connectivity index (χ1v) is 11.3. The summed E-state index contributed by atoms with van der Waals surface area (Å²) in [7, 11) is 0. The Morgan fingerprint density at radius 3 is 2.53 bits per heavy atom. The van der Waals surface area contributed by atoms with E-state index in [4.69, 9.17) is 11.6 Å². The summed E-state index contributed by atoms with van der Waals surface area (Å²) in [4.78, 5) is 39.6. The van der Waals surface area contributed by atoms with Crippen molar-refractivity contribution in [3.63, 3.8) is 0 Å². The summed E-state index contributed by atoms with van der Waals surface area (Å²) < 4.78 is 14.0. The van der Waals surface area contributed by atoms with Gasteiger partial charge in [0.05, 0.1) is 4.21 Å². The lowest BCUT2D eigenvalue weighted by Gasteiger charge is -2.11. The van der Waals surface area contributed by atoms with Crippen molar-refractivity contribution >= 4 is 64.3 Å². The standard InChI is InChI=1S/C22H15ClFN3O3S2/c23-13-1-7-16(8-2-13)31-20-10-9-17(32-20)11-18-21(29)27(22(30)26-18)12-19(28)25-15-5-3-14(24)4-6-15/h1-11H,12H2,(H,25,28)(H,26,30)/b18-11-. The predicted octanol–water partition coefficient (Wildman–Crippen LogP) is 5.22. The van der Waals surface area contributed by atoms with Crippen LogP contribution in [0.3, 0.4) is 0 Å². The smallest absolute Gasteiger partial charge is 0.325 e. The zero-order valence-corrected chi connectivity index (χ0v) is 18.7. The molecule has 0 radical (unpaired) electrons. The number of nitrogens with one attached hydrogen (secondary N) is 2. The Morgan fingerprint density at radius 1 is 1.09 bits per heavy atom. The summed E-state index contributed by atoms with van der Waals surface area (Å²) in [5.74, 6) is -1.60. The fourth-order valence-electron chi connectivity index (χ4n) is 2.82. The number of anilines is 1. The number of benzene rings is 2. The predicted molar refractivity (Wildman–Crippen MR) is 123 cm³/mol. The highest BCUT2D eigenvalue weighted by Crippen LogP contribution is 2.34. The summed E-state index contributed by atoms with van der Waals surface area (Å²) in [6.07, 6.45) is 1.58. The summed E-state index contributed by atoms with van der Waals surface area (Å²) in [6.45, 7) is -0.457. The van der Waals surface area contributed by atoms with Crippen molar-refractivity contribution < 1.29 is 18.8 Å². The second-order valence-corrected chi connectivity index (χ2v) is 9.57. The molecular formula is C22H15ClFN3O3S2. The maximum Gasteiger partial charge on any atom is 0.329 e. The molecule has 6 nitrogen and oxygen atoms in total. The molecule has 1 aliphatic heterocycles. The van der Waals surface area contributed by atoms with E-state index >= 15 is 0 Å². The fourth-order valence-corrected chi connectivity index (χ4v) is 5.01. The normalized spacial score (nSPS) is 14.7. The number of amides is 4. The second kappa shape index (κ2) is 9.56. The molecule has 2 N–H and O–H groups in total. The van der Waals surface area contributed by atoms with E-state index in [9.17, 15) is 18.8 Å². The van der Waals surface area contributed by atoms with E-state index in [0.717, 1.165) is 18.9 Å². The summed E-state index contributed by atoms with van der Waals surface area (Å²) in [5.41, 5.74) is 0.456. The van der Waals surface area contributed by atoms with Crippen LogP contribution in [0.2, 0.25) is 5.02 Å². The quantitative estimate of drug-likeness (QED) is 0.369. The number of imide groups is 1. The molecular weight excluding hydrogens is 473 g/mol. The number of hydrogen-bond acceptors (Lipinski definition) is 5. The molecule has 0 aliphatic carbocycles. The number of halogens is 2. The summed E-state index contributed by atoms with van der Waals surface area (Å²) >= 11 is 8.93. The van der Waals surface area contributed by atoms with Gasteiger partial charge in [-0.15, -0.1) is 11.3 Å². The van der Waals surface area contributed by atoms with Crippen LogP contribution in [-0.2, 0) is 9.59 Å². The molecule has 162 valence electrons. The number of thiophene rings is 1. The van der Waals surface area contributed by atoms with Gasteiger partial charge in [0.2, 0.25) is 5.91 Å². The van der Waals surface area contributed by atoms with Crippen LogP contribution < -0.4 is 10.6 Å². The molecule has 3 aromatic rings. The third-order valence-electron chi connectivity index (χ3n) is 4.31. The van der Waals surface area contributed by atoms with Crippen molar-refractivity contribution in [3.05, 3.63) is 82.1 Å². The third-order valence-corrected chi connectivity index (χ3v) is 6.74. The van der Waals surface area contributed by atoms with Crippen LogP contribution in [0.25, 0.3) is 6.08 Å². The topological polar surface area (TPSA) is 78.5 Å².